The fraction of sp³-hybridized carbons (Fsp3) is 0.0909. The van der Waals surface area contributed by atoms with Crippen molar-refractivity contribution in [2.24, 2.45) is 0 Å². The van der Waals surface area contributed by atoms with Gasteiger partial charge in [-0.2, -0.15) is 0 Å². The Kier molecular flexibility index (Phi) is 4.66. The molecule has 0 bridgehead atoms. The van der Waals surface area contributed by atoms with E-state index in [-0.39, 0.29) is 5.82 Å². The van der Waals surface area contributed by atoms with Gasteiger partial charge in [0.1, 0.15) is 17.3 Å². The topological polar surface area (TPSA) is 48.2 Å². The Morgan fingerprint density at radius 3 is 2.44 bits per heavy atom. The molecule has 4 nitrogen and oxygen atoms in total. The summed E-state index contributed by atoms with van der Waals surface area (Å²) in [5.41, 5.74) is 5.75. The van der Waals surface area contributed by atoms with E-state index in [0.717, 1.165) is 33.6 Å². The number of ether oxygens (including phenoxy) is 1. The Morgan fingerprint density at radius 2 is 1.70 bits per heavy atom. The first kappa shape index (κ1) is 17.0. The van der Waals surface area contributed by atoms with Crippen molar-refractivity contribution in [2.45, 2.75) is 6.42 Å². The van der Waals surface area contributed by atoms with Gasteiger partial charge in [0.15, 0.2) is 0 Å². The number of rotatable bonds is 5. The molecule has 5 heteroatoms. The lowest BCUT2D eigenvalue weighted by molar-refractivity contribution is 0.308. The summed E-state index contributed by atoms with van der Waals surface area (Å²) in [7, 11) is 1.66. The first-order valence-electron chi connectivity index (χ1n) is 8.52. The third-order valence-corrected chi connectivity index (χ3v) is 4.42. The zero-order valence-electron chi connectivity index (χ0n) is 14.7. The molecule has 0 aliphatic carbocycles. The maximum absolute atomic E-state index is 13.1. The van der Waals surface area contributed by atoms with Crippen LogP contribution in [0.4, 0.5) is 4.39 Å². The molecule has 134 valence electrons. The predicted octanol–water partition coefficient (Wildman–Crippen LogP) is 5.14. The molecule has 1 aromatic heterocycles. The Hall–Kier alpha value is -3.47. The van der Waals surface area contributed by atoms with Crippen molar-refractivity contribution in [1.82, 2.24) is 10.3 Å². The molecular formula is C22H17FN2O2. The third kappa shape index (κ3) is 3.72. The molecule has 0 atom stereocenters. The van der Waals surface area contributed by atoms with Crippen molar-refractivity contribution < 1.29 is 13.8 Å². The average molecular weight is 360 g/mol. The van der Waals surface area contributed by atoms with Crippen LogP contribution in [0.3, 0.4) is 0 Å². The highest BCUT2D eigenvalue weighted by Crippen LogP contribution is 2.33. The summed E-state index contributed by atoms with van der Waals surface area (Å²) < 4.78 is 23.4. The standard InChI is InChI=1S/C22H17FN2O2/c1-26-22-10-7-16(11-15-5-8-19(23)9-6-15)12-20(22)17-3-2-4-18(13-17)21-14-24-27-25-21/h2-10,12-14H,11H2,1H3. The molecule has 0 N–H and O–H groups in total. The Bertz CT molecular complexity index is 1040. The van der Waals surface area contributed by atoms with Crippen LogP contribution in [0.5, 0.6) is 5.75 Å². The van der Waals surface area contributed by atoms with Crippen molar-refractivity contribution in [3.63, 3.8) is 0 Å². The van der Waals surface area contributed by atoms with Crippen LogP contribution in [0, 0.1) is 5.82 Å². The molecule has 0 aliphatic heterocycles. The second-order valence-corrected chi connectivity index (χ2v) is 6.21. The minimum atomic E-state index is -0.228. The molecule has 0 radical (unpaired) electrons. The van der Waals surface area contributed by atoms with Gasteiger partial charge in [-0.25, -0.2) is 9.02 Å². The molecule has 1 heterocycles. The predicted molar refractivity (Wildman–Crippen MR) is 101 cm³/mol. The van der Waals surface area contributed by atoms with E-state index in [0.29, 0.717) is 12.1 Å². The lowest BCUT2D eigenvalue weighted by atomic mass is 9.96. The highest BCUT2D eigenvalue weighted by atomic mass is 19.1. The van der Waals surface area contributed by atoms with Gasteiger partial charge in [0, 0.05) is 11.1 Å². The summed E-state index contributed by atoms with van der Waals surface area (Å²) in [6, 6.07) is 20.6. The first-order valence-corrected chi connectivity index (χ1v) is 8.52. The van der Waals surface area contributed by atoms with E-state index < -0.39 is 0 Å². The number of aromatic nitrogens is 2. The first-order chi connectivity index (χ1) is 13.2. The average Bonchev–Trinajstić information content (AvgIpc) is 3.25. The lowest BCUT2D eigenvalue weighted by Gasteiger charge is -2.12. The summed E-state index contributed by atoms with van der Waals surface area (Å²) in [6.45, 7) is 0. The summed E-state index contributed by atoms with van der Waals surface area (Å²) in [5.74, 6) is 0.557. The van der Waals surface area contributed by atoms with Crippen molar-refractivity contribution in [3.05, 3.63) is 89.9 Å². The van der Waals surface area contributed by atoms with Gasteiger partial charge >= 0.3 is 0 Å². The van der Waals surface area contributed by atoms with Crippen LogP contribution in [0.15, 0.2) is 77.6 Å². The number of hydrogen-bond acceptors (Lipinski definition) is 4. The van der Waals surface area contributed by atoms with Crippen LogP contribution >= 0.6 is 0 Å². The zero-order valence-corrected chi connectivity index (χ0v) is 14.7. The number of benzene rings is 3. The molecule has 27 heavy (non-hydrogen) atoms. The summed E-state index contributed by atoms with van der Waals surface area (Å²) in [6.07, 6.45) is 2.30. The fourth-order valence-electron chi connectivity index (χ4n) is 3.07. The second-order valence-electron chi connectivity index (χ2n) is 6.21. The molecule has 4 rings (SSSR count). The number of methoxy groups -OCH3 is 1. The minimum absolute atomic E-state index is 0.228. The molecule has 3 aromatic carbocycles. The van der Waals surface area contributed by atoms with E-state index >= 15 is 0 Å². The maximum atomic E-state index is 13.1. The van der Waals surface area contributed by atoms with Crippen LogP contribution in [-0.2, 0) is 6.42 Å². The molecule has 0 aliphatic rings. The number of halogens is 1. The number of hydrogen-bond donors (Lipinski definition) is 0. The monoisotopic (exact) mass is 360 g/mol. The van der Waals surface area contributed by atoms with Crippen LogP contribution in [0.25, 0.3) is 22.4 Å². The highest BCUT2D eigenvalue weighted by molar-refractivity contribution is 5.75. The molecule has 0 amide bonds. The Morgan fingerprint density at radius 1 is 0.926 bits per heavy atom. The zero-order chi connectivity index (χ0) is 18.6. The normalized spacial score (nSPS) is 10.7. The van der Waals surface area contributed by atoms with Crippen LogP contribution in [0.1, 0.15) is 11.1 Å². The molecule has 4 aromatic rings. The summed E-state index contributed by atoms with van der Waals surface area (Å²) in [5, 5.41) is 7.56. The van der Waals surface area contributed by atoms with Gasteiger partial charge in [0.2, 0.25) is 0 Å². The molecule has 0 fully saturated rings. The van der Waals surface area contributed by atoms with Gasteiger partial charge in [0.05, 0.1) is 13.3 Å². The van der Waals surface area contributed by atoms with Gasteiger partial charge in [0.25, 0.3) is 0 Å². The summed E-state index contributed by atoms with van der Waals surface area (Å²) in [4.78, 5) is 0. The lowest BCUT2D eigenvalue weighted by Crippen LogP contribution is -1.93. The van der Waals surface area contributed by atoms with Crippen LogP contribution in [-0.4, -0.2) is 17.4 Å². The van der Waals surface area contributed by atoms with Crippen molar-refractivity contribution in [3.8, 4) is 28.1 Å². The van der Waals surface area contributed by atoms with Gasteiger partial charge in [-0.1, -0.05) is 41.6 Å². The summed E-state index contributed by atoms with van der Waals surface area (Å²) >= 11 is 0. The van der Waals surface area contributed by atoms with Crippen molar-refractivity contribution in [2.75, 3.05) is 7.11 Å². The van der Waals surface area contributed by atoms with Gasteiger partial charge < -0.3 is 4.74 Å². The van der Waals surface area contributed by atoms with Gasteiger partial charge in [-0.05, 0) is 58.6 Å². The molecular weight excluding hydrogens is 343 g/mol. The van der Waals surface area contributed by atoms with E-state index in [1.165, 1.54) is 12.1 Å². The van der Waals surface area contributed by atoms with Crippen LogP contribution in [0.2, 0.25) is 0 Å². The van der Waals surface area contributed by atoms with E-state index in [9.17, 15) is 4.39 Å². The van der Waals surface area contributed by atoms with E-state index in [4.69, 9.17) is 9.37 Å². The van der Waals surface area contributed by atoms with E-state index in [1.807, 2.05) is 36.4 Å². The fourth-order valence-corrected chi connectivity index (χ4v) is 3.07. The number of nitrogens with zero attached hydrogens (tertiary/aromatic N) is 2. The molecule has 0 spiro atoms. The Balaban J connectivity index is 1.71. The maximum Gasteiger partial charge on any atom is 0.135 e. The van der Waals surface area contributed by atoms with Gasteiger partial charge in [-0.15, -0.1) is 0 Å². The molecule has 0 unspecified atom stereocenters. The smallest absolute Gasteiger partial charge is 0.135 e. The molecule has 0 saturated heterocycles. The van der Waals surface area contributed by atoms with Gasteiger partial charge in [-0.3, -0.25) is 0 Å². The van der Waals surface area contributed by atoms with Crippen molar-refractivity contribution in [1.29, 1.82) is 0 Å². The third-order valence-electron chi connectivity index (χ3n) is 4.42. The molecule has 0 saturated carbocycles. The van der Waals surface area contributed by atoms with E-state index in [1.54, 1.807) is 25.4 Å². The quantitative estimate of drug-likeness (QED) is 0.494. The highest BCUT2D eigenvalue weighted by Gasteiger charge is 2.10. The van der Waals surface area contributed by atoms with E-state index in [2.05, 4.69) is 16.4 Å². The minimum Gasteiger partial charge on any atom is -0.496 e. The second kappa shape index (κ2) is 7.41. The van der Waals surface area contributed by atoms with Crippen LogP contribution < -0.4 is 4.74 Å². The SMILES string of the molecule is COc1ccc(Cc2ccc(F)cc2)cc1-c1cccc(-c2cnon2)c1. The van der Waals surface area contributed by atoms with Crippen molar-refractivity contribution >= 4 is 0 Å². The Labute approximate surface area is 156 Å². The largest absolute Gasteiger partial charge is 0.496 e.